The lowest BCUT2D eigenvalue weighted by Crippen LogP contribution is -2.22. The molecule has 0 nitrogen and oxygen atoms in total. The van der Waals surface area contributed by atoms with E-state index >= 15 is 0 Å². The fourth-order valence-electron chi connectivity index (χ4n) is 3.96. The summed E-state index contributed by atoms with van der Waals surface area (Å²) in [7, 11) is 0. The summed E-state index contributed by atoms with van der Waals surface area (Å²) in [4.78, 5) is 0. The van der Waals surface area contributed by atoms with Gasteiger partial charge in [-0.25, -0.2) is 0 Å². The van der Waals surface area contributed by atoms with Crippen LogP contribution in [0.3, 0.4) is 0 Å². The van der Waals surface area contributed by atoms with Crippen molar-refractivity contribution >= 4 is 0 Å². The van der Waals surface area contributed by atoms with Gasteiger partial charge >= 0.3 is 0 Å². The molecule has 2 atom stereocenters. The lowest BCUT2D eigenvalue weighted by atomic mass is 9.76. The molecule has 2 aromatic carbocycles. The monoisotopic (exact) mass is 220 g/mol. The molecule has 4 rings (SSSR count). The van der Waals surface area contributed by atoms with Crippen molar-refractivity contribution in [3.8, 4) is 0 Å². The minimum atomic E-state index is 0.329. The number of fused-ring (bicyclic) bond motifs is 1. The van der Waals surface area contributed by atoms with Crippen molar-refractivity contribution in [1.29, 1.82) is 0 Å². The van der Waals surface area contributed by atoms with Gasteiger partial charge in [0.15, 0.2) is 0 Å². The molecule has 2 aliphatic carbocycles. The SMILES string of the molecule is CC12CC1C2(c1ccccc1)c1ccccc1. The lowest BCUT2D eigenvalue weighted by molar-refractivity contribution is 0.507. The molecular formula is C17H16. The van der Waals surface area contributed by atoms with Gasteiger partial charge in [-0.2, -0.15) is 0 Å². The zero-order valence-electron chi connectivity index (χ0n) is 10.1. The maximum Gasteiger partial charge on any atom is 0.0293 e. The third kappa shape index (κ3) is 0.952. The Morgan fingerprint density at radius 1 is 0.824 bits per heavy atom. The second-order valence-electron chi connectivity index (χ2n) is 5.71. The highest BCUT2D eigenvalue weighted by Crippen LogP contribution is 2.89. The molecule has 2 fully saturated rings. The molecule has 2 aromatic rings. The summed E-state index contributed by atoms with van der Waals surface area (Å²) in [6.45, 7) is 2.44. The van der Waals surface area contributed by atoms with E-state index in [9.17, 15) is 0 Å². The normalized spacial score (nSPS) is 31.7. The summed E-state index contributed by atoms with van der Waals surface area (Å²) < 4.78 is 0. The van der Waals surface area contributed by atoms with Crippen LogP contribution in [0.2, 0.25) is 0 Å². The third-order valence-corrected chi connectivity index (χ3v) is 5.04. The molecule has 0 radical (unpaired) electrons. The van der Waals surface area contributed by atoms with E-state index in [0.717, 1.165) is 5.92 Å². The van der Waals surface area contributed by atoms with E-state index in [1.54, 1.807) is 0 Å². The van der Waals surface area contributed by atoms with Crippen molar-refractivity contribution in [2.75, 3.05) is 0 Å². The molecule has 0 spiro atoms. The van der Waals surface area contributed by atoms with Crippen molar-refractivity contribution in [2.45, 2.75) is 18.8 Å². The van der Waals surface area contributed by atoms with Crippen LogP contribution in [0.1, 0.15) is 24.5 Å². The Hall–Kier alpha value is -1.56. The molecule has 17 heavy (non-hydrogen) atoms. The van der Waals surface area contributed by atoms with E-state index < -0.39 is 0 Å². The first-order chi connectivity index (χ1) is 8.30. The first-order valence-electron chi connectivity index (χ1n) is 6.41. The van der Waals surface area contributed by atoms with Crippen molar-refractivity contribution in [2.24, 2.45) is 11.3 Å². The second kappa shape index (κ2) is 2.81. The maximum atomic E-state index is 2.44. The Kier molecular flexibility index (Phi) is 1.57. The van der Waals surface area contributed by atoms with Gasteiger partial charge in [-0.1, -0.05) is 67.6 Å². The number of hydrogen-bond donors (Lipinski definition) is 0. The predicted molar refractivity (Wildman–Crippen MR) is 69.9 cm³/mol. The maximum absolute atomic E-state index is 2.44. The third-order valence-electron chi connectivity index (χ3n) is 5.04. The van der Waals surface area contributed by atoms with Crippen LogP contribution in [0.25, 0.3) is 0 Å². The van der Waals surface area contributed by atoms with Crippen LogP contribution in [-0.4, -0.2) is 0 Å². The Balaban J connectivity index is 1.90. The van der Waals surface area contributed by atoms with E-state index in [-0.39, 0.29) is 0 Å². The molecule has 2 saturated carbocycles. The average molecular weight is 220 g/mol. The molecule has 0 N–H and O–H groups in total. The molecule has 2 unspecified atom stereocenters. The quantitative estimate of drug-likeness (QED) is 0.717. The fourth-order valence-corrected chi connectivity index (χ4v) is 3.96. The van der Waals surface area contributed by atoms with Gasteiger partial charge in [0.1, 0.15) is 0 Å². The number of benzene rings is 2. The summed E-state index contributed by atoms with van der Waals surface area (Å²) in [6.07, 6.45) is 1.40. The van der Waals surface area contributed by atoms with Gasteiger partial charge in [-0.15, -0.1) is 0 Å². The molecule has 0 heteroatoms. The van der Waals surface area contributed by atoms with Crippen LogP contribution < -0.4 is 0 Å². The van der Waals surface area contributed by atoms with Gasteiger partial charge in [-0.05, 0) is 28.9 Å². The van der Waals surface area contributed by atoms with Gasteiger partial charge in [0.25, 0.3) is 0 Å². The number of rotatable bonds is 2. The largest absolute Gasteiger partial charge is 0.0622 e. The molecule has 84 valence electrons. The molecular weight excluding hydrogens is 204 g/mol. The molecule has 2 aliphatic rings. The standard InChI is InChI=1S/C17H16/c1-16-12-15(16)17(16,13-8-4-2-5-9-13)14-10-6-3-7-11-14/h2-11,15H,12H2,1H3. The smallest absolute Gasteiger partial charge is 0.0293 e. The Morgan fingerprint density at radius 3 is 1.53 bits per heavy atom. The minimum Gasteiger partial charge on any atom is -0.0622 e. The van der Waals surface area contributed by atoms with Crippen LogP contribution in [0.5, 0.6) is 0 Å². The van der Waals surface area contributed by atoms with E-state index in [0.29, 0.717) is 10.8 Å². The van der Waals surface area contributed by atoms with E-state index in [4.69, 9.17) is 0 Å². The molecule has 0 aliphatic heterocycles. The van der Waals surface area contributed by atoms with Gasteiger partial charge in [-0.3, -0.25) is 0 Å². The summed E-state index contributed by atoms with van der Waals surface area (Å²) in [6, 6.07) is 22.1. The van der Waals surface area contributed by atoms with Gasteiger partial charge < -0.3 is 0 Å². The molecule has 0 amide bonds. The highest BCUT2D eigenvalue weighted by atomic mass is 14.9. The summed E-state index contributed by atoms with van der Waals surface area (Å²) >= 11 is 0. The van der Waals surface area contributed by atoms with Crippen molar-refractivity contribution in [3.05, 3.63) is 71.8 Å². The van der Waals surface area contributed by atoms with Crippen LogP contribution in [0.4, 0.5) is 0 Å². The molecule has 0 bridgehead atoms. The molecule has 0 aromatic heterocycles. The highest BCUT2D eigenvalue weighted by Gasteiger charge is 2.86. The van der Waals surface area contributed by atoms with Crippen molar-refractivity contribution in [1.82, 2.24) is 0 Å². The first-order valence-corrected chi connectivity index (χ1v) is 6.41. The summed E-state index contributed by atoms with van der Waals surface area (Å²) in [5.74, 6) is 0.875. The Bertz CT molecular complexity index is 516. The van der Waals surface area contributed by atoms with Crippen LogP contribution in [-0.2, 0) is 5.41 Å². The zero-order valence-corrected chi connectivity index (χ0v) is 10.1. The van der Waals surface area contributed by atoms with Gasteiger partial charge in [0, 0.05) is 5.41 Å². The summed E-state index contributed by atoms with van der Waals surface area (Å²) in [5, 5.41) is 0. The van der Waals surface area contributed by atoms with Crippen molar-refractivity contribution < 1.29 is 0 Å². The van der Waals surface area contributed by atoms with Crippen LogP contribution in [0, 0.1) is 11.3 Å². The number of hydrogen-bond acceptors (Lipinski definition) is 0. The predicted octanol–water partition coefficient (Wildman–Crippen LogP) is 4.01. The topological polar surface area (TPSA) is 0 Å². The van der Waals surface area contributed by atoms with Gasteiger partial charge in [0.05, 0.1) is 0 Å². The van der Waals surface area contributed by atoms with Gasteiger partial charge in [0.2, 0.25) is 0 Å². The second-order valence-corrected chi connectivity index (χ2v) is 5.71. The van der Waals surface area contributed by atoms with E-state index in [1.165, 1.54) is 17.5 Å². The zero-order chi connectivity index (χ0) is 11.5. The molecule has 0 saturated heterocycles. The average Bonchev–Trinajstić information content (AvgIpc) is 3.20. The Morgan fingerprint density at radius 2 is 1.24 bits per heavy atom. The highest BCUT2D eigenvalue weighted by molar-refractivity contribution is 5.59. The van der Waals surface area contributed by atoms with E-state index in [2.05, 4.69) is 67.6 Å². The van der Waals surface area contributed by atoms with Crippen LogP contribution in [0.15, 0.2) is 60.7 Å². The minimum absolute atomic E-state index is 0.329. The van der Waals surface area contributed by atoms with E-state index in [1.807, 2.05) is 0 Å². The molecule has 0 heterocycles. The van der Waals surface area contributed by atoms with Crippen LogP contribution >= 0.6 is 0 Å². The lowest BCUT2D eigenvalue weighted by Gasteiger charge is -2.27. The Labute approximate surface area is 102 Å². The fraction of sp³-hybridized carbons (Fsp3) is 0.294. The van der Waals surface area contributed by atoms with Crippen molar-refractivity contribution in [3.63, 3.8) is 0 Å². The summed E-state index contributed by atoms with van der Waals surface area (Å²) in [5.41, 5.74) is 3.88. The first kappa shape index (κ1) is 9.47.